The van der Waals surface area contributed by atoms with E-state index in [1.165, 1.54) is 12.1 Å². The van der Waals surface area contributed by atoms with Gasteiger partial charge < -0.3 is 9.84 Å². The van der Waals surface area contributed by atoms with Crippen molar-refractivity contribution < 1.29 is 14.2 Å². The minimum Gasteiger partial charge on any atom is -0.507 e. The van der Waals surface area contributed by atoms with E-state index in [4.69, 9.17) is 4.74 Å². The second-order valence-electron chi connectivity index (χ2n) is 6.39. The summed E-state index contributed by atoms with van der Waals surface area (Å²) in [5.74, 6) is 0.580. The highest BCUT2D eigenvalue weighted by atomic mass is 127. The third-order valence-corrected chi connectivity index (χ3v) is 6.05. The van der Waals surface area contributed by atoms with Crippen LogP contribution in [0, 0.1) is 9.39 Å². The van der Waals surface area contributed by atoms with Crippen molar-refractivity contribution >= 4 is 49.7 Å². The van der Waals surface area contributed by atoms with Gasteiger partial charge in [-0.2, -0.15) is 0 Å². The average Bonchev–Trinajstić information content (AvgIpc) is 2.65. The Kier molecular flexibility index (Phi) is 4.99. The molecule has 136 valence electrons. The van der Waals surface area contributed by atoms with Gasteiger partial charge in [0, 0.05) is 14.7 Å². The summed E-state index contributed by atoms with van der Waals surface area (Å²) in [5, 5.41) is 10.1. The van der Waals surface area contributed by atoms with Crippen LogP contribution in [0.2, 0.25) is 0 Å². The van der Waals surface area contributed by atoms with Crippen LogP contribution in [-0.2, 0) is 0 Å². The van der Waals surface area contributed by atoms with Crippen molar-refractivity contribution in [2.45, 2.75) is 13.0 Å². The van der Waals surface area contributed by atoms with E-state index in [0.29, 0.717) is 10.2 Å². The Balaban J connectivity index is 1.94. The molecule has 27 heavy (non-hydrogen) atoms. The molecule has 0 unspecified atom stereocenters. The molecule has 1 atom stereocenters. The van der Waals surface area contributed by atoms with Gasteiger partial charge in [0.25, 0.3) is 0 Å². The summed E-state index contributed by atoms with van der Waals surface area (Å²) in [5.41, 5.74) is 4.70. The fraction of sp³-hybridized carbons (Fsp3) is 0.0909. The van der Waals surface area contributed by atoms with Gasteiger partial charge in [0.15, 0.2) is 0 Å². The lowest BCUT2D eigenvalue weighted by Gasteiger charge is -2.31. The molecule has 1 aliphatic rings. The monoisotopic (exact) mass is 536 g/mol. The maximum Gasteiger partial charge on any atom is 0.150 e. The molecular weight excluding hydrogens is 522 g/mol. The molecule has 2 nitrogen and oxygen atoms in total. The predicted molar refractivity (Wildman–Crippen MR) is 117 cm³/mol. The van der Waals surface area contributed by atoms with E-state index in [-0.39, 0.29) is 17.7 Å². The molecule has 3 aromatic carbocycles. The molecule has 0 saturated heterocycles. The third-order valence-electron chi connectivity index (χ3n) is 4.69. The van der Waals surface area contributed by atoms with E-state index in [2.05, 4.69) is 38.5 Å². The standard InChI is InChI=1S/C22H15BrFIO2/c1-12-17-10-19(26)18(23)11-20(17)27-22(14-4-8-16(25)9-5-14)21(12)13-2-6-15(24)7-3-13/h2-11,22,26H,1H3/t22-/m1/s1. The fourth-order valence-electron chi connectivity index (χ4n) is 3.33. The molecule has 1 N–H and O–H groups in total. The Morgan fingerprint density at radius 3 is 2.37 bits per heavy atom. The van der Waals surface area contributed by atoms with Gasteiger partial charge in [-0.3, -0.25) is 0 Å². The average molecular weight is 537 g/mol. The minimum absolute atomic E-state index is 0.155. The second kappa shape index (κ2) is 7.28. The number of hydrogen-bond acceptors (Lipinski definition) is 2. The number of benzene rings is 3. The molecule has 5 heteroatoms. The van der Waals surface area contributed by atoms with Crippen molar-refractivity contribution in [3.63, 3.8) is 0 Å². The molecule has 0 saturated carbocycles. The molecule has 0 spiro atoms. The van der Waals surface area contributed by atoms with Crippen molar-refractivity contribution in [1.29, 1.82) is 0 Å². The van der Waals surface area contributed by atoms with Crippen LogP contribution in [0.5, 0.6) is 11.5 Å². The molecule has 0 fully saturated rings. The van der Waals surface area contributed by atoms with Crippen LogP contribution in [0.1, 0.15) is 29.7 Å². The summed E-state index contributed by atoms with van der Waals surface area (Å²) < 4.78 is 21.6. The van der Waals surface area contributed by atoms with Gasteiger partial charge in [-0.25, -0.2) is 4.39 Å². The number of halogens is 3. The summed E-state index contributed by atoms with van der Waals surface area (Å²) in [6.07, 6.45) is -0.323. The largest absolute Gasteiger partial charge is 0.507 e. The smallest absolute Gasteiger partial charge is 0.150 e. The normalized spacial score (nSPS) is 16.1. The number of phenolic OH excluding ortho intramolecular Hbond substituents is 1. The zero-order valence-corrected chi connectivity index (χ0v) is 18.1. The van der Waals surface area contributed by atoms with E-state index < -0.39 is 0 Å². The Morgan fingerprint density at radius 2 is 1.70 bits per heavy atom. The van der Waals surface area contributed by atoms with E-state index in [0.717, 1.165) is 31.4 Å². The summed E-state index contributed by atoms with van der Waals surface area (Å²) in [4.78, 5) is 0. The molecule has 1 aliphatic heterocycles. The number of hydrogen-bond donors (Lipinski definition) is 1. The number of aromatic hydroxyl groups is 1. The first-order valence-electron chi connectivity index (χ1n) is 8.36. The Hall–Kier alpha value is -1.86. The maximum absolute atomic E-state index is 13.5. The molecule has 0 bridgehead atoms. The summed E-state index contributed by atoms with van der Waals surface area (Å²) in [6, 6.07) is 18.1. The zero-order chi connectivity index (χ0) is 19.1. The molecule has 1 heterocycles. The van der Waals surface area contributed by atoms with Crippen LogP contribution in [0.15, 0.2) is 65.1 Å². The summed E-state index contributed by atoms with van der Waals surface area (Å²) in [7, 11) is 0. The molecule has 0 radical (unpaired) electrons. The molecule has 4 rings (SSSR count). The van der Waals surface area contributed by atoms with Crippen molar-refractivity contribution in [3.05, 3.63) is 91.2 Å². The van der Waals surface area contributed by atoms with E-state index in [1.54, 1.807) is 24.3 Å². The molecule has 3 aromatic rings. The van der Waals surface area contributed by atoms with Crippen LogP contribution < -0.4 is 4.74 Å². The first-order valence-corrected chi connectivity index (χ1v) is 10.2. The van der Waals surface area contributed by atoms with E-state index >= 15 is 0 Å². The SMILES string of the molecule is CC1=C(c2ccc(F)cc2)[C@@H](c2ccc(I)cc2)Oc2cc(Br)c(O)cc21. The molecule has 0 aliphatic carbocycles. The van der Waals surface area contributed by atoms with Gasteiger partial charge in [-0.15, -0.1) is 0 Å². The maximum atomic E-state index is 13.5. The first kappa shape index (κ1) is 18.5. The second-order valence-corrected chi connectivity index (χ2v) is 8.49. The summed E-state index contributed by atoms with van der Waals surface area (Å²) >= 11 is 5.63. The van der Waals surface area contributed by atoms with E-state index in [9.17, 15) is 9.50 Å². The van der Waals surface area contributed by atoms with Crippen LogP contribution >= 0.6 is 38.5 Å². The van der Waals surface area contributed by atoms with Crippen molar-refractivity contribution in [2.75, 3.05) is 0 Å². The van der Waals surface area contributed by atoms with Crippen LogP contribution in [0.4, 0.5) is 4.39 Å². The van der Waals surface area contributed by atoms with Gasteiger partial charge in [0.2, 0.25) is 0 Å². The Bertz CT molecular complexity index is 1040. The summed E-state index contributed by atoms with van der Waals surface area (Å²) in [6.45, 7) is 2.01. The minimum atomic E-state index is -0.323. The molecule has 0 amide bonds. The molecular formula is C22H15BrFIO2. The van der Waals surface area contributed by atoms with Gasteiger partial charge in [-0.05, 0) is 98.5 Å². The van der Waals surface area contributed by atoms with Crippen LogP contribution in [-0.4, -0.2) is 5.11 Å². The van der Waals surface area contributed by atoms with Crippen molar-refractivity contribution in [1.82, 2.24) is 0 Å². The number of phenols is 1. The van der Waals surface area contributed by atoms with Gasteiger partial charge in [0.1, 0.15) is 23.4 Å². The van der Waals surface area contributed by atoms with Crippen molar-refractivity contribution in [3.8, 4) is 11.5 Å². The predicted octanol–water partition coefficient (Wildman–Crippen LogP) is 6.96. The third kappa shape index (κ3) is 3.50. The highest BCUT2D eigenvalue weighted by Gasteiger charge is 2.30. The fourth-order valence-corrected chi connectivity index (χ4v) is 4.01. The van der Waals surface area contributed by atoms with Crippen LogP contribution in [0.3, 0.4) is 0 Å². The number of allylic oxidation sites excluding steroid dienone is 1. The zero-order valence-electron chi connectivity index (χ0n) is 14.3. The number of ether oxygens (including phenoxy) is 1. The lowest BCUT2D eigenvalue weighted by molar-refractivity contribution is 0.259. The highest BCUT2D eigenvalue weighted by Crippen LogP contribution is 2.48. The Labute approximate surface area is 179 Å². The molecule has 0 aromatic heterocycles. The van der Waals surface area contributed by atoms with Crippen molar-refractivity contribution in [2.24, 2.45) is 0 Å². The quantitative estimate of drug-likeness (QED) is 0.359. The van der Waals surface area contributed by atoms with Crippen LogP contribution in [0.25, 0.3) is 11.1 Å². The van der Waals surface area contributed by atoms with E-state index in [1.807, 2.05) is 31.2 Å². The lowest BCUT2D eigenvalue weighted by Crippen LogP contribution is -2.16. The Morgan fingerprint density at radius 1 is 1.04 bits per heavy atom. The first-order chi connectivity index (χ1) is 12.9. The lowest BCUT2D eigenvalue weighted by atomic mass is 9.86. The highest BCUT2D eigenvalue weighted by molar-refractivity contribution is 14.1. The number of rotatable bonds is 2. The topological polar surface area (TPSA) is 29.5 Å². The number of fused-ring (bicyclic) bond motifs is 1. The van der Waals surface area contributed by atoms with Gasteiger partial charge >= 0.3 is 0 Å². The van der Waals surface area contributed by atoms with Gasteiger partial charge in [0.05, 0.1) is 4.47 Å². The van der Waals surface area contributed by atoms with Gasteiger partial charge in [-0.1, -0.05) is 24.3 Å².